The van der Waals surface area contributed by atoms with Crippen LogP contribution in [0.15, 0.2) is 87.2 Å². The van der Waals surface area contributed by atoms with Crippen molar-refractivity contribution in [1.29, 1.82) is 0 Å². The topological polar surface area (TPSA) is 72.9 Å². The maximum absolute atomic E-state index is 9.40. The fourth-order valence-electron chi connectivity index (χ4n) is 2.19. The zero-order chi connectivity index (χ0) is 19.2. The molecule has 0 saturated carbocycles. The molecule has 0 unspecified atom stereocenters. The van der Waals surface area contributed by atoms with Gasteiger partial charge in [0.05, 0.1) is 27.8 Å². The van der Waals surface area contributed by atoms with Gasteiger partial charge in [-0.2, -0.15) is 20.5 Å². The number of hydrogen-bond donors (Lipinski definition) is 1. The van der Waals surface area contributed by atoms with Gasteiger partial charge in [0.25, 0.3) is 0 Å². The standard InChI is InChI=1S/C20H18ClN5O/c1-26(2)18-10-7-16(8-11-18)23-22-14-3-5-15(6-4-14)24-25-17-9-12-20(27)19(21)13-17/h3-13,27H,1-2H3/b23-22+,25-24+. The molecule has 0 aromatic heterocycles. The molecule has 0 amide bonds. The molecular formula is C20H18ClN5O. The average Bonchev–Trinajstić information content (AvgIpc) is 2.68. The third-order valence-electron chi connectivity index (χ3n) is 3.71. The van der Waals surface area contributed by atoms with Crippen LogP contribution in [0.4, 0.5) is 28.4 Å². The van der Waals surface area contributed by atoms with Crippen molar-refractivity contribution in [3.63, 3.8) is 0 Å². The van der Waals surface area contributed by atoms with Gasteiger partial charge in [-0.1, -0.05) is 11.6 Å². The van der Waals surface area contributed by atoms with E-state index in [4.69, 9.17) is 11.6 Å². The number of benzene rings is 3. The van der Waals surface area contributed by atoms with Gasteiger partial charge in [-0.3, -0.25) is 0 Å². The lowest BCUT2D eigenvalue weighted by molar-refractivity contribution is 0.475. The number of nitrogens with zero attached hydrogens (tertiary/aromatic N) is 5. The minimum atomic E-state index is 0.0154. The summed E-state index contributed by atoms with van der Waals surface area (Å²) in [7, 11) is 3.98. The van der Waals surface area contributed by atoms with Crippen LogP contribution in [0.1, 0.15) is 0 Å². The molecule has 6 nitrogen and oxygen atoms in total. The lowest BCUT2D eigenvalue weighted by Crippen LogP contribution is -2.07. The van der Waals surface area contributed by atoms with Crippen LogP contribution >= 0.6 is 11.6 Å². The molecule has 7 heteroatoms. The number of azo groups is 2. The van der Waals surface area contributed by atoms with Gasteiger partial charge in [0, 0.05) is 19.8 Å². The first-order valence-corrected chi connectivity index (χ1v) is 8.58. The first-order valence-electron chi connectivity index (χ1n) is 8.21. The quantitative estimate of drug-likeness (QED) is 0.487. The minimum Gasteiger partial charge on any atom is -0.506 e. The number of phenols is 1. The molecular weight excluding hydrogens is 362 g/mol. The molecule has 0 atom stereocenters. The SMILES string of the molecule is CN(C)c1ccc(/N=N/c2ccc(/N=N/c3ccc(O)c(Cl)c3)cc2)cc1. The molecule has 136 valence electrons. The second-order valence-electron chi connectivity index (χ2n) is 5.96. The molecule has 0 heterocycles. The molecule has 27 heavy (non-hydrogen) atoms. The summed E-state index contributed by atoms with van der Waals surface area (Å²) in [6, 6.07) is 19.7. The Kier molecular flexibility index (Phi) is 5.78. The van der Waals surface area contributed by atoms with Crippen molar-refractivity contribution in [3.8, 4) is 5.75 Å². The largest absolute Gasteiger partial charge is 0.506 e. The number of aromatic hydroxyl groups is 1. The fourth-order valence-corrected chi connectivity index (χ4v) is 2.37. The minimum absolute atomic E-state index is 0.0154. The Balaban J connectivity index is 1.65. The van der Waals surface area contributed by atoms with E-state index in [1.807, 2.05) is 55.4 Å². The van der Waals surface area contributed by atoms with Gasteiger partial charge in [0.2, 0.25) is 0 Å². The van der Waals surface area contributed by atoms with E-state index >= 15 is 0 Å². The second-order valence-corrected chi connectivity index (χ2v) is 6.37. The van der Waals surface area contributed by atoms with Crippen LogP contribution in [0.2, 0.25) is 5.02 Å². The summed E-state index contributed by atoms with van der Waals surface area (Å²) in [6.45, 7) is 0. The van der Waals surface area contributed by atoms with Crippen LogP contribution in [-0.2, 0) is 0 Å². The Morgan fingerprint density at radius 1 is 0.667 bits per heavy atom. The highest BCUT2D eigenvalue weighted by Crippen LogP contribution is 2.29. The zero-order valence-corrected chi connectivity index (χ0v) is 15.7. The predicted octanol–water partition coefficient (Wildman–Crippen LogP) is 6.94. The van der Waals surface area contributed by atoms with Gasteiger partial charge in [0.15, 0.2) is 0 Å². The van der Waals surface area contributed by atoms with Gasteiger partial charge in [-0.05, 0) is 66.7 Å². The summed E-state index contributed by atoms with van der Waals surface area (Å²) >= 11 is 5.85. The Morgan fingerprint density at radius 3 is 1.52 bits per heavy atom. The maximum atomic E-state index is 9.40. The Hall–Kier alpha value is -3.25. The number of phenolic OH excluding ortho intramolecular Hbond substituents is 1. The van der Waals surface area contributed by atoms with E-state index in [-0.39, 0.29) is 10.8 Å². The molecule has 0 saturated heterocycles. The molecule has 3 aromatic rings. The Morgan fingerprint density at radius 2 is 1.07 bits per heavy atom. The Bertz CT molecular complexity index is 967. The summed E-state index contributed by atoms with van der Waals surface area (Å²) in [5.41, 5.74) is 3.85. The van der Waals surface area contributed by atoms with Crippen LogP contribution in [0.5, 0.6) is 5.75 Å². The smallest absolute Gasteiger partial charge is 0.134 e. The van der Waals surface area contributed by atoms with Crippen molar-refractivity contribution in [3.05, 3.63) is 71.8 Å². The van der Waals surface area contributed by atoms with Crippen molar-refractivity contribution in [2.24, 2.45) is 20.5 Å². The number of anilines is 1. The number of hydrogen-bond acceptors (Lipinski definition) is 6. The molecule has 3 aromatic carbocycles. The van der Waals surface area contributed by atoms with Crippen LogP contribution in [0.3, 0.4) is 0 Å². The van der Waals surface area contributed by atoms with Crippen molar-refractivity contribution in [1.82, 2.24) is 0 Å². The lowest BCUT2D eigenvalue weighted by atomic mass is 10.3. The number of halogens is 1. The molecule has 0 aliphatic heterocycles. The van der Waals surface area contributed by atoms with Gasteiger partial charge < -0.3 is 10.0 Å². The van der Waals surface area contributed by atoms with Gasteiger partial charge in [-0.25, -0.2) is 0 Å². The van der Waals surface area contributed by atoms with Crippen LogP contribution in [0.25, 0.3) is 0 Å². The third-order valence-corrected chi connectivity index (χ3v) is 4.01. The van der Waals surface area contributed by atoms with E-state index in [0.29, 0.717) is 11.4 Å². The molecule has 0 radical (unpaired) electrons. The fraction of sp³-hybridized carbons (Fsp3) is 0.100. The van der Waals surface area contributed by atoms with Crippen LogP contribution < -0.4 is 4.90 Å². The molecule has 0 spiro atoms. The average molecular weight is 380 g/mol. The van der Waals surface area contributed by atoms with E-state index in [2.05, 4.69) is 20.5 Å². The molecule has 0 bridgehead atoms. The van der Waals surface area contributed by atoms with Gasteiger partial charge in [-0.15, -0.1) is 0 Å². The van der Waals surface area contributed by atoms with E-state index < -0.39 is 0 Å². The van der Waals surface area contributed by atoms with Crippen molar-refractivity contribution in [2.45, 2.75) is 0 Å². The summed E-state index contributed by atoms with van der Waals surface area (Å²) in [5.74, 6) is 0.0154. The highest BCUT2D eigenvalue weighted by molar-refractivity contribution is 6.32. The van der Waals surface area contributed by atoms with Crippen molar-refractivity contribution < 1.29 is 5.11 Å². The molecule has 0 aliphatic rings. The van der Waals surface area contributed by atoms with Crippen molar-refractivity contribution >= 4 is 40.0 Å². The first kappa shape index (κ1) is 18.5. The van der Waals surface area contributed by atoms with E-state index in [1.54, 1.807) is 24.3 Å². The van der Waals surface area contributed by atoms with Crippen LogP contribution in [0, 0.1) is 0 Å². The predicted molar refractivity (Wildman–Crippen MR) is 109 cm³/mol. The highest BCUT2D eigenvalue weighted by atomic mass is 35.5. The van der Waals surface area contributed by atoms with Crippen molar-refractivity contribution in [2.75, 3.05) is 19.0 Å². The molecule has 3 rings (SSSR count). The van der Waals surface area contributed by atoms with E-state index in [1.165, 1.54) is 6.07 Å². The normalized spacial score (nSPS) is 11.4. The van der Waals surface area contributed by atoms with Gasteiger partial charge >= 0.3 is 0 Å². The highest BCUT2D eigenvalue weighted by Gasteiger charge is 1.99. The summed E-state index contributed by atoms with van der Waals surface area (Å²) in [6.07, 6.45) is 0. The van der Waals surface area contributed by atoms with E-state index in [9.17, 15) is 5.11 Å². The molecule has 0 aliphatic carbocycles. The summed E-state index contributed by atoms with van der Waals surface area (Å²) in [4.78, 5) is 2.03. The van der Waals surface area contributed by atoms with Crippen LogP contribution in [-0.4, -0.2) is 19.2 Å². The van der Waals surface area contributed by atoms with Gasteiger partial charge in [0.1, 0.15) is 5.75 Å². The third kappa shape index (κ3) is 5.12. The number of rotatable bonds is 5. The molecule has 1 N–H and O–H groups in total. The maximum Gasteiger partial charge on any atom is 0.134 e. The zero-order valence-electron chi connectivity index (χ0n) is 14.9. The Labute approximate surface area is 162 Å². The first-order chi connectivity index (χ1) is 13.0. The monoisotopic (exact) mass is 379 g/mol. The molecule has 0 fully saturated rings. The second kappa shape index (κ2) is 8.42. The lowest BCUT2D eigenvalue weighted by Gasteiger charge is -2.11. The van der Waals surface area contributed by atoms with E-state index in [0.717, 1.165) is 17.1 Å². The summed E-state index contributed by atoms with van der Waals surface area (Å²) < 4.78 is 0. The summed E-state index contributed by atoms with van der Waals surface area (Å²) in [5, 5.41) is 26.3.